The molecule has 120 valence electrons. The lowest BCUT2D eigenvalue weighted by Crippen LogP contribution is -1.99. The number of hydrogen-bond donors (Lipinski definition) is 2. The molecular formula is C17H15ClN6. The van der Waals surface area contributed by atoms with Crippen LogP contribution in [0.4, 0.5) is 5.82 Å². The molecule has 3 aromatic heterocycles. The van der Waals surface area contributed by atoms with Crippen LogP contribution in [0.2, 0.25) is 5.15 Å². The number of H-pyrrole nitrogens is 1. The molecular weight excluding hydrogens is 324 g/mol. The van der Waals surface area contributed by atoms with E-state index in [1.54, 1.807) is 0 Å². The van der Waals surface area contributed by atoms with Gasteiger partial charge in [0.05, 0.1) is 17.1 Å². The first kappa shape index (κ1) is 13.8. The van der Waals surface area contributed by atoms with E-state index < -0.39 is 0 Å². The number of nitrogens with zero attached hydrogens (tertiary/aromatic N) is 4. The van der Waals surface area contributed by atoms with Crippen molar-refractivity contribution in [2.24, 2.45) is 0 Å². The first-order valence-corrected chi connectivity index (χ1v) is 8.33. The Labute approximate surface area is 142 Å². The molecule has 4 aromatic rings. The second-order valence-electron chi connectivity index (χ2n) is 6.22. The van der Waals surface area contributed by atoms with Crippen molar-refractivity contribution in [2.75, 3.05) is 5.73 Å². The SMILES string of the molecule is Nc1ncnc2c1c(Cc1c(Cl)[nH]c3ccccc13)nn2C1CC1. The van der Waals surface area contributed by atoms with Crippen molar-refractivity contribution in [1.82, 2.24) is 24.7 Å². The highest BCUT2D eigenvalue weighted by molar-refractivity contribution is 6.31. The molecule has 0 unspecified atom stereocenters. The summed E-state index contributed by atoms with van der Waals surface area (Å²) in [6.45, 7) is 0. The van der Waals surface area contributed by atoms with Crippen LogP contribution in [-0.4, -0.2) is 24.7 Å². The lowest BCUT2D eigenvalue weighted by atomic mass is 10.1. The number of para-hydroxylation sites is 1. The Balaban J connectivity index is 1.70. The van der Waals surface area contributed by atoms with E-state index in [1.807, 2.05) is 22.9 Å². The third kappa shape index (κ3) is 1.99. The molecule has 6 nitrogen and oxygen atoms in total. The summed E-state index contributed by atoms with van der Waals surface area (Å²) in [4.78, 5) is 11.8. The summed E-state index contributed by atoms with van der Waals surface area (Å²) >= 11 is 6.44. The minimum Gasteiger partial charge on any atom is -0.383 e. The summed E-state index contributed by atoms with van der Waals surface area (Å²) in [6, 6.07) is 8.50. The number of hydrogen-bond acceptors (Lipinski definition) is 4. The number of anilines is 1. The van der Waals surface area contributed by atoms with E-state index in [-0.39, 0.29) is 0 Å². The number of nitrogens with one attached hydrogen (secondary N) is 1. The van der Waals surface area contributed by atoms with E-state index in [4.69, 9.17) is 22.4 Å². The maximum absolute atomic E-state index is 6.44. The second-order valence-corrected chi connectivity index (χ2v) is 6.60. The Bertz CT molecular complexity index is 1080. The fourth-order valence-corrected chi connectivity index (χ4v) is 3.54. The minimum absolute atomic E-state index is 0.425. The third-order valence-electron chi connectivity index (χ3n) is 4.59. The fraction of sp³-hybridized carbons (Fsp3) is 0.235. The Morgan fingerprint density at radius 1 is 1.25 bits per heavy atom. The molecule has 0 aliphatic heterocycles. The lowest BCUT2D eigenvalue weighted by Gasteiger charge is -2.00. The molecule has 24 heavy (non-hydrogen) atoms. The van der Waals surface area contributed by atoms with Crippen molar-refractivity contribution in [2.45, 2.75) is 25.3 Å². The number of aromatic nitrogens is 5. The van der Waals surface area contributed by atoms with Gasteiger partial charge in [0, 0.05) is 22.9 Å². The zero-order valence-corrected chi connectivity index (χ0v) is 13.6. The molecule has 0 radical (unpaired) electrons. The van der Waals surface area contributed by atoms with E-state index >= 15 is 0 Å². The highest BCUT2D eigenvalue weighted by Gasteiger charge is 2.29. The Hall–Kier alpha value is -2.60. The Morgan fingerprint density at radius 3 is 2.92 bits per heavy atom. The molecule has 1 aromatic carbocycles. The molecule has 1 aliphatic carbocycles. The Morgan fingerprint density at radius 2 is 2.08 bits per heavy atom. The van der Waals surface area contributed by atoms with Gasteiger partial charge in [-0.05, 0) is 18.9 Å². The number of benzene rings is 1. The monoisotopic (exact) mass is 338 g/mol. The molecule has 5 rings (SSSR count). The standard InChI is InChI=1S/C17H15ClN6/c18-15-11(10-3-1-2-4-12(10)22-15)7-13-14-16(19)20-8-21-17(14)24(23-13)9-5-6-9/h1-4,8-9,22H,5-7H2,(H2,19,20,21). The van der Waals surface area contributed by atoms with Crippen LogP contribution in [0.25, 0.3) is 21.9 Å². The number of fused-ring (bicyclic) bond motifs is 2. The van der Waals surface area contributed by atoms with E-state index in [0.717, 1.165) is 46.0 Å². The van der Waals surface area contributed by atoms with E-state index in [2.05, 4.69) is 21.0 Å². The summed E-state index contributed by atoms with van der Waals surface area (Å²) in [5.41, 5.74) is 9.86. The molecule has 0 saturated heterocycles. The van der Waals surface area contributed by atoms with Gasteiger partial charge in [-0.25, -0.2) is 14.6 Å². The van der Waals surface area contributed by atoms with E-state index in [1.165, 1.54) is 6.33 Å². The van der Waals surface area contributed by atoms with Crippen LogP contribution in [0.3, 0.4) is 0 Å². The molecule has 7 heteroatoms. The normalized spacial score (nSPS) is 14.7. The minimum atomic E-state index is 0.425. The third-order valence-corrected chi connectivity index (χ3v) is 4.91. The predicted octanol–water partition coefficient (Wildman–Crippen LogP) is 3.47. The fourth-order valence-electron chi connectivity index (χ4n) is 3.27. The van der Waals surface area contributed by atoms with Crippen LogP contribution >= 0.6 is 11.6 Å². The maximum Gasteiger partial charge on any atom is 0.163 e. The van der Waals surface area contributed by atoms with Gasteiger partial charge in [0.15, 0.2) is 5.65 Å². The largest absolute Gasteiger partial charge is 0.383 e. The van der Waals surface area contributed by atoms with Crippen LogP contribution in [0.15, 0.2) is 30.6 Å². The molecule has 1 saturated carbocycles. The number of halogens is 1. The lowest BCUT2D eigenvalue weighted by molar-refractivity contribution is 0.648. The molecule has 0 atom stereocenters. The van der Waals surface area contributed by atoms with Gasteiger partial charge in [-0.1, -0.05) is 29.8 Å². The van der Waals surface area contributed by atoms with Crippen molar-refractivity contribution in [3.8, 4) is 0 Å². The van der Waals surface area contributed by atoms with E-state index in [0.29, 0.717) is 23.4 Å². The predicted molar refractivity (Wildman–Crippen MR) is 94.1 cm³/mol. The van der Waals surface area contributed by atoms with Crippen LogP contribution < -0.4 is 5.73 Å². The Kier molecular flexibility index (Phi) is 2.84. The average molecular weight is 339 g/mol. The zero-order valence-electron chi connectivity index (χ0n) is 12.8. The van der Waals surface area contributed by atoms with Crippen molar-refractivity contribution >= 4 is 39.4 Å². The van der Waals surface area contributed by atoms with Gasteiger partial charge in [-0.2, -0.15) is 5.10 Å². The van der Waals surface area contributed by atoms with Gasteiger partial charge in [0.25, 0.3) is 0 Å². The summed E-state index contributed by atoms with van der Waals surface area (Å²) < 4.78 is 1.99. The average Bonchev–Trinajstić information content (AvgIpc) is 3.28. The number of nitrogens with two attached hydrogens (primary N) is 1. The molecule has 1 fully saturated rings. The number of rotatable bonds is 3. The van der Waals surface area contributed by atoms with Gasteiger partial charge in [-0.3, -0.25) is 0 Å². The van der Waals surface area contributed by atoms with Crippen LogP contribution in [-0.2, 0) is 6.42 Å². The van der Waals surface area contributed by atoms with Crippen molar-refractivity contribution < 1.29 is 0 Å². The number of nitrogen functional groups attached to an aromatic ring is 1. The van der Waals surface area contributed by atoms with Crippen LogP contribution in [0.5, 0.6) is 0 Å². The number of aromatic amines is 1. The van der Waals surface area contributed by atoms with Crippen LogP contribution in [0, 0.1) is 0 Å². The quantitative estimate of drug-likeness (QED) is 0.599. The first-order chi connectivity index (χ1) is 11.7. The van der Waals surface area contributed by atoms with Gasteiger partial charge in [0.1, 0.15) is 17.3 Å². The molecule has 0 bridgehead atoms. The maximum atomic E-state index is 6.44. The zero-order chi connectivity index (χ0) is 16.3. The van der Waals surface area contributed by atoms with E-state index in [9.17, 15) is 0 Å². The summed E-state index contributed by atoms with van der Waals surface area (Å²) in [5, 5.41) is 7.38. The smallest absolute Gasteiger partial charge is 0.163 e. The van der Waals surface area contributed by atoms with Gasteiger partial charge >= 0.3 is 0 Å². The summed E-state index contributed by atoms with van der Waals surface area (Å²) in [5.74, 6) is 0.470. The molecule has 3 N–H and O–H groups in total. The van der Waals surface area contributed by atoms with Gasteiger partial charge in [-0.15, -0.1) is 0 Å². The van der Waals surface area contributed by atoms with Gasteiger partial charge < -0.3 is 10.7 Å². The molecule has 0 amide bonds. The van der Waals surface area contributed by atoms with Crippen molar-refractivity contribution in [3.05, 3.63) is 47.0 Å². The molecule has 0 spiro atoms. The topological polar surface area (TPSA) is 85.4 Å². The highest BCUT2D eigenvalue weighted by Crippen LogP contribution is 2.38. The van der Waals surface area contributed by atoms with Crippen molar-refractivity contribution in [1.29, 1.82) is 0 Å². The molecule has 1 aliphatic rings. The van der Waals surface area contributed by atoms with Crippen LogP contribution in [0.1, 0.15) is 30.1 Å². The summed E-state index contributed by atoms with van der Waals surface area (Å²) in [7, 11) is 0. The highest BCUT2D eigenvalue weighted by atomic mass is 35.5. The summed E-state index contributed by atoms with van der Waals surface area (Å²) in [6.07, 6.45) is 4.36. The first-order valence-electron chi connectivity index (χ1n) is 7.95. The van der Waals surface area contributed by atoms with Gasteiger partial charge in [0.2, 0.25) is 0 Å². The second kappa shape index (κ2) is 4.95. The molecule has 3 heterocycles. The van der Waals surface area contributed by atoms with Crippen molar-refractivity contribution in [3.63, 3.8) is 0 Å².